The van der Waals surface area contributed by atoms with Gasteiger partial charge in [-0.25, -0.2) is 0 Å². The van der Waals surface area contributed by atoms with Crippen molar-refractivity contribution >= 4 is 15.9 Å². The molecular weight excluding hydrogens is 368 g/mol. The summed E-state index contributed by atoms with van der Waals surface area (Å²) in [6.07, 6.45) is 17.7. The van der Waals surface area contributed by atoms with Gasteiger partial charge in [-0.05, 0) is 91.2 Å². The Morgan fingerprint density at radius 3 is 2.76 bits per heavy atom. The van der Waals surface area contributed by atoms with Crippen LogP contribution in [0.5, 0.6) is 0 Å². The molecule has 2 saturated carbocycles. The molecule has 0 aromatic heterocycles. The lowest BCUT2D eigenvalue weighted by molar-refractivity contribution is 0.107. The highest BCUT2D eigenvalue weighted by Crippen LogP contribution is 2.59. The van der Waals surface area contributed by atoms with Crippen LogP contribution >= 0.6 is 15.9 Å². The number of rotatable bonds is 1. The molecule has 1 heteroatoms. The molecule has 0 aliphatic heterocycles. The van der Waals surface area contributed by atoms with Crippen LogP contribution in [-0.4, -0.2) is 0 Å². The second kappa shape index (κ2) is 6.12. The number of fused-ring (bicyclic) bond motifs is 5. The van der Waals surface area contributed by atoms with E-state index in [9.17, 15) is 0 Å². The van der Waals surface area contributed by atoms with Crippen molar-refractivity contribution in [2.24, 2.45) is 29.1 Å². The molecule has 0 bridgehead atoms. The van der Waals surface area contributed by atoms with Gasteiger partial charge in [-0.1, -0.05) is 65.2 Å². The van der Waals surface area contributed by atoms with E-state index < -0.39 is 0 Å². The van der Waals surface area contributed by atoms with Crippen molar-refractivity contribution in [2.45, 2.75) is 57.8 Å². The lowest BCUT2D eigenvalue weighted by Crippen LogP contribution is -2.41. The molecule has 2 fully saturated rings. The van der Waals surface area contributed by atoms with E-state index >= 15 is 0 Å². The van der Waals surface area contributed by atoms with E-state index in [1.807, 2.05) is 0 Å². The van der Waals surface area contributed by atoms with Crippen LogP contribution < -0.4 is 0 Å². The van der Waals surface area contributed by atoms with Crippen molar-refractivity contribution in [2.75, 3.05) is 0 Å². The Morgan fingerprint density at radius 1 is 1.08 bits per heavy atom. The van der Waals surface area contributed by atoms with E-state index in [1.54, 1.807) is 5.57 Å². The number of hydrogen-bond acceptors (Lipinski definition) is 0. The molecular formula is C24H29Br. The minimum absolute atomic E-state index is 0.515. The van der Waals surface area contributed by atoms with E-state index in [-0.39, 0.29) is 0 Å². The minimum Gasteiger partial charge on any atom is -0.0847 e. The summed E-state index contributed by atoms with van der Waals surface area (Å²) in [5.41, 5.74) is 3.83. The smallest absolute Gasteiger partial charge is 0.0175 e. The van der Waals surface area contributed by atoms with E-state index in [0.29, 0.717) is 5.41 Å². The molecule has 0 N–H and O–H groups in total. The molecule has 132 valence electrons. The highest BCUT2D eigenvalue weighted by molar-refractivity contribution is 9.10. The van der Waals surface area contributed by atoms with Crippen LogP contribution in [0.15, 0.2) is 52.5 Å². The van der Waals surface area contributed by atoms with Crippen LogP contribution in [0.25, 0.3) is 0 Å². The molecule has 0 saturated heterocycles. The van der Waals surface area contributed by atoms with Crippen LogP contribution in [0.3, 0.4) is 0 Å². The SMILES string of the molecule is C[C@]12C=C[C@H]3[C@@H](CC=C4CC(c5ccc(Br)cc5)CC[C@@H]43)[C@@H]1CCC2. The Morgan fingerprint density at radius 2 is 1.92 bits per heavy atom. The lowest BCUT2D eigenvalue weighted by atomic mass is 9.55. The fraction of sp³-hybridized carbons (Fsp3) is 0.583. The van der Waals surface area contributed by atoms with Gasteiger partial charge in [0.1, 0.15) is 0 Å². The van der Waals surface area contributed by atoms with Gasteiger partial charge in [0, 0.05) is 4.47 Å². The molecule has 0 nitrogen and oxygen atoms in total. The molecule has 4 aliphatic carbocycles. The van der Waals surface area contributed by atoms with Gasteiger partial charge in [-0.15, -0.1) is 0 Å². The predicted molar refractivity (Wildman–Crippen MR) is 108 cm³/mol. The van der Waals surface area contributed by atoms with Crippen LogP contribution in [0.4, 0.5) is 0 Å². The van der Waals surface area contributed by atoms with Crippen molar-refractivity contribution in [1.29, 1.82) is 0 Å². The van der Waals surface area contributed by atoms with Gasteiger partial charge in [0.05, 0.1) is 0 Å². The molecule has 1 aromatic carbocycles. The monoisotopic (exact) mass is 396 g/mol. The summed E-state index contributed by atoms with van der Waals surface area (Å²) in [7, 11) is 0. The predicted octanol–water partition coefficient (Wildman–Crippen LogP) is 7.27. The Hall–Kier alpha value is -0.820. The third kappa shape index (κ3) is 2.69. The standard InChI is InChI=1S/C24H29Br/c1-24-13-2-3-23(24)22-11-7-18-15-17(16-4-8-19(25)9-5-16)6-10-20(18)21(22)12-14-24/h4-5,7-9,12,14,17,20-23H,2-3,6,10-11,13,15H2,1H3/t17?,20-,21+,22+,23-,24-/m0/s1. The maximum absolute atomic E-state index is 3.57. The van der Waals surface area contributed by atoms with Gasteiger partial charge >= 0.3 is 0 Å². The zero-order chi connectivity index (χ0) is 17.0. The first-order valence-electron chi connectivity index (χ1n) is 10.3. The molecule has 1 unspecified atom stereocenters. The number of allylic oxidation sites excluding steroid dienone is 4. The molecule has 1 aromatic rings. The quantitative estimate of drug-likeness (QED) is 0.437. The molecule has 6 atom stereocenters. The number of benzene rings is 1. The maximum atomic E-state index is 3.57. The third-order valence-corrected chi connectivity index (χ3v) is 8.56. The van der Waals surface area contributed by atoms with Crippen molar-refractivity contribution in [3.05, 3.63) is 58.1 Å². The number of halogens is 1. The van der Waals surface area contributed by atoms with E-state index in [1.165, 1.54) is 55.0 Å². The zero-order valence-corrected chi connectivity index (χ0v) is 16.8. The Labute approximate surface area is 160 Å². The second-order valence-corrected chi connectivity index (χ2v) is 10.2. The molecule has 0 amide bonds. The Kier molecular flexibility index (Phi) is 4.00. The highest BCUT2D eigenvalue weighted by atomic mass is 79.9. The summed E-state index contributed by atoms with van der Waals surface area (Å²) in [6.45, 7) is 2.53. The maximum Gasteiger partial charge on any atom is 0.0175 e. The molecule has 0 radical (unpaired) electrons. The third-order valence-electron chi connectivity index (χ3n) is 8.03. The second-order valence-electron chi connectivity index (χ2n) is 9.26. The van der Waals surface area contributed by atoms with Gasteiger partial charge in [-0.3, -0.25) is 0 Å². The molecule has 4 aliphatic rings. The van der Waals surface area contributed by atoms with Crippen molar-refractivity contribution in [3.63, 3.8) is 0 Å². The van der Waals surface area contributed by atoms with Gasteiger partial charge < -0.3 is 0 Å². The Balaban J connectivity index is 1.38. The molecule has 25 heavy (non-hydrogen) atoms. The van der Waals surface area contributed by atoms with E-state index in [2.05, 4.69) is 65.3 Å². The zero-order valence-electron chi connectivity index (χ0n) is 15.3. The van der Waals surface area contributed by atoms with Crippen molar-refractivity contribution in [3.8, 4) is 0 Å². The van der Waals surface area contributed by atoms with Crippen LogP contribution in [0, 0.1) is 29.1 Å². The summed E-state index contributed by atoms with van der Waals surface area (Å²) < 4.78 is 1.19. The summed E-state index contributed by atoms with van der Waals surface area (Å²) in [6, 6.07) is 9.06. The molecule has 0 spiro atoms. The van der Waals surface area contributed by atoms with Gasteiger partial charge in [0.25, 0.3) is 0 Å². The van der Waals surface area contributed by atoms with Gasteiger partial charge in [0.15, 0.2) is 0 Å². The van der Waals surface area contributed by atoms with Gasteiger partial charge in [0.2, 0.25) is 0 Å². The first-order chi connectivity index (χ1) is 12.1. The molecule has 5 rings (SSSR count). The summed E-state index contributed by atoms with van der Waals surface area (Å²) in [4.78, 5) is 0. The van der Waals surface area contributed by atoms with E-state index in [4.69, 9.17) is 0 Å². The number of hydrogen-bond donors (Lipinski definition) is 0. The topological polar surface area (TPSA) is 0 Å². The largest absolute Gasteiger partial charge is 0.0847 e. The van der Waals surface area contributed by atoms with E-state index in [0.717, 1.165) is 29.6 Å². The summed E-state index contributed by atoms with van der Waals surface area (Å²) in [5.74, 6) is 4.28. The van der Waals surface area contributed by atoms with Crippen LogP contribution in [0.2, 0.25) is 0 Å². The average Bonchev–Trinajstić information content (AvgIpc) is 3.03. The van der Waals surface area contributed by atoms with Crippen LogP contribution in [0.1, 0.15) is 63.4 Å². The van der Waals surface area contributed by atoms with Gasteiger partial charge in [-0.2, -0.15) is 0 Å². The Bertz CT molecular complexity index is 712. The van der Waals surface area contributed by atoms with Crippen LogP contribution in [-0.2, 0) is 0 Å². The first kappa shape index (κ1) is 16.4. The summed E-state index contributed by atoms with van der Waals surface area (Å²) in [5, 5.41) is 0. The average molecular weight is 397 g/mol. The normalized spacial score (nSPS) is 42.3. The lowest BCUT2D eigenvalue weighted by Gasteiger charge is -2.49. The fourth-order valence-electron chi connectivity index (χ4n) is 6.71. The van der Waals surface area contributed by atoms with Crippen molar-refractivity contribution in [1.82, 2.24) is 0 Å². The highest BCUT2D eigenvalue weighted by Gasteiger charge is 2.49. The fourth-order valence-corrected chi connectivity index (χ4v) is 6.97. The minimum atomic E-state index is 0.515. The molecule has 0 heterocycles. The van der Waals surface area contributed by atoms with Crippen molar-refractivity contribution < 1.29 is 0 Å². The summed E-state index contributed by atoms with van der Waals surface area (Å²) >= 11 is 3.57. The first-order valence-corrected chi connectivity index (χ1v) is 11.1.